The minimum atomic E-state index is 0.0631. The molecule has 104 valence electrons. The molecule has 4 nitrogen and oxygen atoms in total. The summed E-state index contributed by atoms with van der Waals surface area (Å²) >= 11 is 1.95. The summed E-state index contributed by atoms with van der Waals surface area (Å²) in [6.45, 7) is 3.80. The Hall–Kier alpha value is -1.36. The molecule has 1 fully saturated rings. The van der Waals surface area contributed by atoms with E-state index in [0.29, 0.717) is 22.3 Å². The molecule has 1 aliphatic rings. The van der Waals surface area contributed by atoms with Crippen molar-refractivity contribution in [2.24, 2.45) is 0 Å². The molecule has 2 rings (SSSR count). The highest BCUT2D eigenvalue weighted by Gasteiger charge is 2.24. The van der Waals surface area contributed by atoms with Gasteiger partial charge in [-0.2, -0.15) is 11.8 Å². The molecule has 1 aliphatic heterocycles. The highest BCUT2D eigenvalue weighted by Crippen LogP contribution is 2.25. The molecule has 1 unspecified atom stereocenters. The Morgan fingerprint density at radius 3 is 3.00 bits per heavy atom. The summed E-state index contributed by atoms with van der Waals surface area (Å²) in [7, 11) is 1.57. The van der Waals surface area contributed by atoms with Gasteiger partial charge in [0.05, 0.1) is 12.8 Å². The van der Waals surface area contributed by atoms with Crippen LogP contribution in [0.4, 0.5) is 5.69 Å². The molecule has 0 bridgehead atoms. The van der Waals surface area contributed by atoms with Crippen LogP contribution in [0.15, 0.2) is 18.2 Å². The van der Waals surface area contributed by atoms with Crippen LogP contribution in [0.25, 0.3) is 0 Å². The number of thioether (sulfide) groups is 1. The van der Waals surface area contributed by atoms with Gasteiger partial charge >= 0.3 is 0 Å². The summed E-state index contributed by atoms with van der Waals surface area (Å²) in [5, 5.41) is 0.549. The second kappa shape index (κ2) is 6.19. The number of carbonyl (C=O) groups excluding carboxylic acids is 1. The van der Waals surface area contributed by atoms with Gasteiger partial charge in [-0.3, -0.25) is 4.79 Å². The van der Waals surface area contributed by atoms with E-state index in [4.69, 9.17) is 10.5 Å². The molecule has 1 aromatic rings. The first-order valence-electron chi connectivity index (χ1n) is 6.50. The third-order valence-electron chi connectivity index (χ3n) is 3.36. The molecule has 1 saturated heterocycles. The van der Waals surface area contributed by atoms with Crippen molar-refractivity contribution in [3.63, 3.8) is 0 Å². The van der Waals surface area contributed by atoms with Crippen LogP contribution in [0.2, 0.25) is 0 Å². The van der Waals surface area contributed by atoms with E-state index >= 15 is 0 Å². The van der Waals surface area contributed by atoms with Crippen LogP contribution >= 0.6 is 11.8 Å². The van der Waals surface area contributed by atoms with Crippen molar-refractivity contribution in [2.75, 3.05) is 31.7 Å². The Balaban J connectivity index is 2.12. The lowest BCUT2D eigenvalue weighted by atomic mass is 10.1. The fourth-order valence-corrected chi connectivity index (χ4v) is 3.38. The summed E-state index contributed by atoms with van der Waals surface area (Å²) in [4.78, 5) is 14.4. The molecule has 0 aromatic heterocycles. The zero-order valence-electron chi connectivity index (χ0n) is 11.4. The van der Waals surface area contributed by atoms with Gasteiger partial charge in [0.1, 0.15) is 5.75 Å². The smallest absolute Gasteiger partial charge is 0.253 e. The predicted molar refractivity (Wildman–Crippen MR) is 79.8 cm³/mol. The van der Waals surface area contributed by atoms with Crippen molar-refractivity contribution in [1.29, 1.82) is 0 Å². The topological polar surface area (TPSA) is 55.6 Å². The number of methoxy groups -OCH3 is 1. The second-order valence-corrected chi connectivity index (χ2v) is 6.02. The lowest BCUT2D eigenvalue weighted by Crippen LogP contribution is -2.41. The number of nitrogen functional groups attached to an aromatic ring is 1. The fourth-order valence-electron chi connectivity index (χ4n) is 2.20. The summed E-state index contributed by atoms with van der Waals surface area (Å²) in [6.07, 6.45) is 1.10. The molecule has 2 N–H and O–H groups in total. The van der Waals surface area contributed by atoms with Gasteiger partial charge in [-0.25, -0.2) is 0 Å². The molecule has 1 amide bonds. The van der Waals surface area contributed by atoms with Crippen molar-refractivity contribution in [2.45, 2.75) is 18.6 Å². The van der Waals surface area contributed by atoms with Crippen molar-refractivity contribution in [3.8, 4) is 5.75 Å². The Kier molecular flexibility index (Phi) is 4.58. The van der Waals surface area contributed by atoms with Gasteiger partial charge in [-0.05, 0) is 24.6 Å². The average molecular weight is 280 g/mol. The van der Waals surface area contributed by atoms with Crippen molar-refractivity contribution in [1.82, 2.24) is 4.90 Å². The van der Waals surface area contributed by atoms with Gasteiger partial charge in [0, 0.05) is 29.7 Å². The quantitative estimate of drug-likeness (QED) is 0.863. The summed E-state index contributed by atoms with van der Waals surface area (Å²) in [5.41, 5.74) is 7.00. The van der Waals surface area contributed by atoms with Gasteiger partial charge in [0.2, 0.25) is 0 Å². The maximum absolute atomic E-state index is 12.4. The lowest BCUT2D eigenvalue weighted by molar-refractivity contribution is 0.0761. The van der Waals surface area contributed by atoms with E-state index in [1.54, 1.807) is 25.3 Å². The van der Waals surface area contributed by atoms with Gasteiger partial charge in [-0.15, -0.1) is 0 Å². The van der Waals surface area contributed by atoms with Crippen LogP contribution in [-0.2, 0) is 0 Å². The van der Waals surface area contributed by atoms with E-state index in [2.05, 4.69) is 6.92 Å². The molecule has 0 radical (unpaired) electrons. The minimum absolute atomic E-state index is 0.0631. The zero-order valence-corrected chi connectivity index (χ0v) is 12.2. The standard InChI is InChI=1S/C14H20N2O2S/c1-3-11-9-16(6-7-19-11)14(17)10-4-5-13(18-2)12(15)8-10/h4-5,8,11H,3,6-7,9,15H2,1-2H3. The summed E-state index contributed by atoms with van der Waals surface area (Å²) < 4.78 is 5.11. The van der Waals surface area contributed by atoms with Crippen LogP contribution in [-0.4, -0.2) is 42.0 Å². The van der Waals surface area contributed by atoms with Gasteiger partial charge in [0.25, 0.3) is 5.91 Å². The number of hydrogen-bond acceptors (Lipinski definition) is 4. The highest BCUT2D eigenvalue weighted by atomic mass is 32.2. The number of amides is 1. The molecule has 19 heavy (non-hydrogen) atoms. The number of ether oxygens (including phenoxy) is 1. The predicted octanol–water partition coefficient (Wildman–Crippen LogP) is 2.25. The van der Waals surface area contributed by atoms with E-state index in [-0.39, 0.29) is 5.91 Å². The molecule has 5 heteroatoms. The number of nitrogens with two attached hydrogens (primary N) is 1. The molecule has 0 saturated carbocycles. The number of rotatable bonds is 3. The lowest BCUT2D eigenvalue weighted by Gasteiger charge is -2.32. The molecule has 0 aliphatic carbocycles. The first-order chi connectivity index (χ1) is 9.15. The Labute approximate surface area is 118 Å². The van der Waals surface area contributed by atoms with E-state index in [1.807, 2.05) is 16.7 Å². The summed E-state index contributed by atoms with van der Waals surface area (Å²) in [5.74, 6) is 1.68. The second-order valence-electron chi connectivity index (χ2n) is 4.61. The highest BCUT2D eigenvalue weighted by molar-refractivity contribution is 8.00. The number of anilines is 1. The molecular formula is C14H20N2O2S. The minimum Gasteiger partial charge on any atom is -0.495 e. The number of hydrogen-bond donors (Lipinski definition) is 1. The normalized spacial score (nSPS) is 19.3. The molecule has 1 heterocycles. The van der Waals surface area contributed by atoms with E-state index < -0.39 is 0 Å². The van der Waals surface area contributed by atoms with Crippen LogP contribution in [0.3, 0.4) is 0 Å². The van der Waals surface area contributed by atoms with E-state index in [1.165, 1.54) is 0 Å². The maximum atomic E-state index is 12.4. The van der Waals surface area contributed by atoms with Gasteiger partial charge in [-0.1, -0.05) is 6.92 Å². The number of benzene rings is 1. The van der Waals surface area contributed by atoms with Gasteiger partial charge < -0.3 is 15.4 Å². The van der Waals surface area contributed by atoms with Crippen molar-refractivity contribution in [3.05, 3.63) is 23.8 Å². The zero-order chi connectivity index (χ0) is 13.8. The Morgan fingerprint density at radius 1 is 1.58 bits per heavy atom. The van der Waals surface area contributed by atoms with Crippen molar-refractivity contribution >= 4 is 23.4 Å². The van der Waals surface area contributed by atoms with Crippen molar-refractivity contribution < 1.29 is 9.53 Å². The first-order valence-corrected chi connectivity index (χ1v) is 7.55. The molecule has 0 spiro atoms. The van der Waals surface area contributed by atoms with Crippen LogP contribution in [0.5, 0.6) is 5.75 Å². The largest absolute Gasteiger partial charge is 0.495 e. The Bertz CT molecular complexity index is 465. The third-order valence-corrected chi connectivity index (χ3v) is 4.73. The Morgan fingerprint density at radius 2 is 2.37 bits per heavy atom. The van der Waals surface area contributed by atoms with Crippen LogP contribution < -0.4 is 10.5 Å². The third kappa shape index (κ3) is 3.15. The fraction of sp³-hybridized carbons (Fsp3) is 0.500. The number of nitrogens with zero attached hydrogens (tertiary/aromatic N) is 1. The van der Waals surface area contributed by atoms with Crippen LogP contribution in [0, 0.1) is 0 Å². The van der Waals surface area contributed by atoms with Gasteiger partial charge in [0.15, 0.2) is 0 Å². The average Bonchev–Trinajstić information content (AvgIpc) is 2.46. The maximum Gasteiger partial charge on any atom is 0.253 e. The molecular weight excluding hydrogens is 260 g/mol. The SMILES string of the molecule is CCC1CN(C(=O)c2ccc(OC)c(N)c2)CCS1. The van der Waals surface area contributed by atoms with E-state index in [9.17, 15) is 4.79 Å². The number of carbonyl (C=O) groups is 1. The summed E-state index contributed by atoms with van der Waals surface area (Å²) in [6, 6.07) is 5.22. The van der Waals surface area contributed by atoms with Crippen LogP contribution in [0.1, 0.15) is 23.7 Å². The molecule has 1 aromatic carbocycles. The molecule has 1 atom stereocenters. The monoisotopic (exact) mass is 280 g/mol. The van der Waals surface area contributed by atoms with E-state index in [0.717, 1.165) is 25.3 Å². The first kappa shape index (κ1) is 14.1.